The Hall–Kier alpha value is -3.42. The second-order valence-corrected chi connectivity index (χ2v) is 5.05. The van der Waals surface area contributed by atoms with Gasteiger partial charge in [-0.15, -0.1) is 0 Å². The first-order chi connectivity index (χ1) is 11.4. The second kappa shape index (κ2) is 5.99. The zero-order valence-electron chi connectivity index (χ0n) is 12.6. The van der Waals surface area contributed by atoms with E-state index < -0.39 is 11.7 Å². The minimum Gasteiger partial charge on any atom is -0.452 e. The first-order valence-electron chi connectivity index (χ1n) is 6.96. The van der Waals surface area contributed by atoms with Gasteiger partial charge in [0.25, 0.3) is 0 Å². The van der Waals surface area contributed by atoms with E-state index in [0.29, 0.717) is 17.0 Å². The summed E-state index contributed by atoms with van der Waals surface area (Å²) in [5.74, 6) is -1.50. The minimum atomic E-state index is -0.730. The fourth-order valence-corrected chi connectivity index (χ4v) is 2.21. The van der Waals surface area contributed by atoms with Gasteiger partial charge in [0.05, 0.1) is 18.1 Å². The average molecular weight is 328 g/mol. The lowest BCUT2D eigenvalue weighted by Gasteiger charge is -2.11. The molecule has 122 valence electrons. The molecule has 0 fully saturated rings. The molecule has 7 nitrogen and oxygen atoms in total. The Kier molecular flexibility index (Phi) is 3.87. The van der Waals surface area contributed by atoms with Crippen molar-refractivity contribution in [2.45, 2.75) is 6.92 Å². The van der Waals surface area contributed by atoms with Crippen LogP contribution in [0.15, 0.2) is 42.7 Å². The first-order valence-corrected chi connectivity index (χ1v) is 6.96. The van der Waals surface area contributed by atoms with E-state index in [1.165, 1.54) is 23.6 Å². The largest absolute Gasteiger partial charge is 0.452 e. The van der Waals surface area contributed by atoms with E-state index in [1.807, 2.05) is 0 Å². The maximum Gasteiger partial charge on any atom is 0.248 e. The molecule has 0 aliphatic rings. The van der Waals surface area contributed by atoms with E-state index in [-0.39, 0.29) is 17.2 Å². The predicted molar refractivity (Wildman–Crippen MR) is 84.5 cm³/mol. The molecule has 0 aliphatic heterocycles. The molecule has 0 unspecified atom stereocenters. The molecule has 2 amide bonds. The number of halogens is 1. The quantitative estimate of drug-likeness (QED) is 0.768. The number of nitrogens with zero attached hydrogens (tertiary/aromatic N) is 2. The zero-order valence-corrected chi connectivity index (χ0v) is 12.6. The maximum atomic E-state index is 14.1. The average Bonchev–Trinajstić information content (AvgIpc) is 2.97. The number of nitrogens with one attached hydrogen (secondary N) is 1. The maximum absolute atomic E-state index is 14.1. The van der Waals surface area contributed by atoms with Crippen LogP contribution in [0.2, 0.25) is 0 Å². The molecule has 2 heterocycles. The summed E-state index contributed by atoms with van der Waals surface area (Å²) in [5.41, 5.74) is 6.19. The molecule has 0 atom stereocenters. The van der Waals surface area contributed by atoms with Gasteiger partial charge in [0, 0.05) is 18.6 Å². The van der Waals surface area contributed by atoms with Crippen molar-refractivity contribution in [2.24, 2.45) is 5.73 Å². The number of carbonyl (C=O) groups is 2. The number of ether oxygens (including phenoxy) is 1. The number of nitrogens with two attached hydrogens (primary N) is 1. The molecule has 3 N–H and O–H groups in total. The molecule has 0 aliphatic carbocycles. The van der Waals surface area contributed by atoms with E-state index in [0.717, 1.165) is 6.07 Å². The van der Waals surface area contributed by atoms with Crippen molar-refractivity contribution < 1.29 is 18.7 Å². The zero-order chi connectivity index (χ0) is 17.3. The van der Waals surface area contributed by atoms with Gasteiger partial charge >= 0.3 is 0 Å². The summed E-state index contributed by atoms with van der Waals surface area (Å²) in [6.45, 7) is 1.37. The standard InChI is InChI=1S/C16H13FN4O3/c1-9(22)20-11-7-15(13-4-5-19-21(13)8-11)24-14-3-2-10(16(18)23)6-12(14)17/h2-8H,1H3,(H2,18,23)(H,20,22). The van der Waals surface area contributed by atoms with E-state index in [2.05, 4.69) is 10.4 Å². The van der Waals surface area contributed by atoms with Gasteiger partial charge in [-0.2, -0.15) is 5.10 Å². The second-order valence-electron chi connectivity index (χ2n) is 5.05. The van der Waals surface area contributed by atoms with Crippen LogP contribution in [0.3, 0.4) is 0 Å². The van der Waals surface area contributed by atoms with Gasteiger partial charge in [-0.3, -0.25) is 9.59 Å². The van der Waals surface area contributed by atoms with Crippen LogP contribution in [-0.4, -0.2) is 21.4 Å². The third-order valence-corrected chi connectivity index (χ3v) is 3.23. The van der Waals surface area contributed by atoms with Crippen molar-refractivity contribution in [1.82, 2.24) is 9.61 Å². The van der Waals surface area contributed by atoms with Gasteiger partial charge in [0.2, 0.25) is 11.8 Å². The molecular formula is C16H13FN4O3. The number of carbonyl (C=O) groups excluding carboxylic acids is 2. The number of primary amides is 1. The number of aromatic nitrogens is 2. The lowest BCUT2D eigenvalue weighted by molar-refractivity contribution is -0.114. The third-order valence-electron chi connectivity index (χ3n) is 3.23. The Morgan fingerprint density at radius 3 is 2.71 bits per heavy atom. The molecule has 3 aromatic rings. The molecule has 0 radical (unpaired) electrons. The van der Waals surface area contributed by atoms with E-state index in [1.54, 1.807) is 24.5 Å². The van der Waals surface area contributed by atoms with Crippen LogP contribution in [0.25, 0.3) is 5.52 Å². The van der Waals surface area contributed by atoms with Crippen molar-refractivity contribution in [2.75, 3.05) is 5.32 Å². The lowest BCUT2D eigenvalue weighted by atomic mass is 10.2. The van der Waals surface area contributed by atoms with Gasteiger partial charge in [-0.1, -0.05) is 0 Å². The van der Waals surface area contributed by atoms with Crippen molar-refractivity contribution in [3.05, 3.63) is 54.1 Å². The summed E-state index contributed by atoms with van der Waals surface area (Å²) in [6, 6.07) is 6.92. The van der Waals surface area contributed by atoms with Crippen LogP contribution in [0.1, 0.15) is 17.3 Å². The Morgan fingerprint density at radius 2 is 2.04 bits per heavy atom. The molecule has 0 saturated carbocycles. The molecule has 0 spiro atoms. The topological polar surface area (TPSA) is 98.7 Å². The minimum absolute atomic E-state index is 0.0429. The van der Waals surface area contributed by atoms with Crippen LogP contribution in [0.4, 0.5) is 10.1 Å². The van der Waals surface area contributed by atoms with Crippen LogP contribution < -0.4 is 15.8 Å². The molecular weight excluding hydrogens is 315 g/mol. The number of hydrogen-bond donors (Lipinski definition) is 2. The van der Waals surface area contributed by atoms with E-state index in [9.17, 15) is 14.0 Å². The number of pyridine rings is 1. The number of benzene rings is 1. The summed E-state index contributed by atoms with van der Waals surface area (Å²) in [6.07, 6.45) is 3.16. The van der Waals surface area contributed by atoms with Gasteiger partial charge in [-0.05, 0) is 24.3 Å². The van der Waals surface area contributed by atoms with E-state index in [4.69, 9.17) is 10.5 Å². The Balaban J connectivity index is 2.01. The number of hydrogen-bond acceptors (Lipinski definition) is 4. The fourth-order valence-electron chi connectivity index (χ4n) is 2.21. The highest BCUT2D eigenvalue weighted by atomic mass is 19.1. The van der Waals surface area contributed by atoms with Crippen molar-refractivity contribution in [3.63, 3.8) is 0 Å². The molecule has 24 heavy (non-hydrogen) atoms. The summed E-state index contributed by atoms with van der Waals surface area (Å²) < 4.78 is 21.2. The predicted octanol–water partition coefficient (Wildman–Crippen LogP) is 2.32. The van der Waals surface area contributed by atoms with Gasteiger partial charge in [-0.25, -0.2) is 8.91 Å². The van der Waals surface area contributed by atoms with Gasteiger partial charge in [0.15, 0.2) is 17.3 Å². The Labute approximate surface area is 135 Å². The smallest absolute Gasteiger partial charge is 0.248 e. The molecule has 0 bridgehead atoms. The third kappa shape index (κ3) is 3.02. The van der Waals surface area contributed by atoms with Crippen LogP contribution >= 0.6 is 0 Å². The van der Waals surface area contributed by atoms with Crippen LogP contribution in [-0.2, 0) is 4.79 Å². The number of anilines is 1. The van der Waals surface area contributed by atoms with Crippen molar-refractivity contribution in [3.8, 4) is 11.5 Å². The lowest BCUT2D eigenvalue weighted by Crippen LogP contribution is -2.11. The SMILES string of the molecule is CC(=O)Nc1cc(Oc2ccc(C(N)=O)cc2F)c2ccnn2c1. The Bertz CT molecular complexity index is 952. The highest BCUT2D eigenvalue weighted by molar-refractivity contribution is 5.93. The van der Waals surface area contributed by atoms with Crippen molar-refractivity contribution >= 4 is 23.0 Å². The van der Waals surface area contributed by atoms with Crippen molar-refractivity contribution in [1.29, 1.82) is 0 Å². The first kappa shape index (κ1) is 15.5. The summed E-state index contributed by atoms with van der Waals surface area (Å²) >= 11 is 0. The van der Waals surface area contributed by atoms with Crippen LogP contribution in [0.5, 0.6) is 11.5 Å². The number of rotatable bonds is 4. The molecule has 3 rings (SSSR count). The van der Waals surface area contributed by atoms with Gasteiger partial charge in [0.1, 0.15) is 5.52 Å². The summed E-state index contributed by atoms with van der Waals surface area (Å²) in [5, 5.41) is 6.70. The molecule has 1 aromatic carbocycles. The summed E-state index contributed by atoms with van der Waals surface area (Å²) in [7, 11) is 0. The van der Waals surface area contributed by atoms with Crippen LogP contribution in [0, 0.1) is 5.82 Å². The Morgan fingerprint density at radius 1 is 1.25 bits per heavy atom. The monoisotopic (exact) mass is 328 g/mol. The molecule has 2 aromatic heterocycles. The number of fused-ring (bicyclic) bond motifs is 1. The fraction of sp³-hybridized carbons (Fsp3) is 0.0625. The van der Waals surface area contributed by atoms with Gasteiger partial charge < -0.3 is 15.8 Å². The number of amides is 2. The molecule has 8 heteroatoms. The highest BCUT2D eigenvalue weighted by Crippen LogP contribution is 2.31. The molecule has 0 saturated heterocycles. The highest BCUT2D eigenvalue weighted by Gasteiger charge is 2.13. The summed E-state index contributed by atoms with van der Waals surface area (Å²) in [4.78, 5) is 22.3. The van der Waals surface area contributed by atoms with E-state index >= 15 is 0 Å². The normalized spacial score (nSPS) is 10.6.